The van der Waals surface area contributed by atoms with Gasteiger partial charge in [0.15, 0.2) is 0 Å². The monoisotopic (exact) mass is 491 g/mol. The van der Waals surface area contributed by atoms with Crippen LogP contribution in [0.5, 0.6) is 5.88 Å². The Labute approximate surface area is 213 Å². The van der Waals surface area contributed by atoms with Crippen LogP contribution in [-0.2, 0) is 9.47 Å². The van der Waals surface area contributed by atoms with E-state index in [0.29, 0.717) is 37.6 Å². The van der Waals surface area contributed by atoms with Crippen LogP contribution in [0.15, 0.2) is 36.7 Å². The van der Waals surface area contributed by atoms with Crippen LogP contribution >= 0.6 is 0 Å². The van der Waals surface area contributed by atoms with E-state index in [1.807, 2.05) is 19.3 Å². The lowest BCUT2D eigenvalue weighted by Crippen LogP contribution is -2.29. The summed E-state index contributed by atoms with van der Waals surface area (Å²) < 4.78 is 17.1. The Kier molecular flexibility index (Phi) is 7.94. The van der Waals surface area contributed by atoms with Crippen molar-refractivity contribution in [1.29, 1.82) is 0 Å². The first-order valence-electron chi connectivity index (χ1n) is 13.0. The molecule has 5 rings (SSSR count). The number of nitrogens with zero attached hydrogens (tertiary/aromatic N) is 4. The first-order chi connectivity index (χ1) is 17.6. The first-order valence-corrected chi connectivity index (χ1v) is 13.0. The molecule has 0 saturated carbocycles. The van der Waals surface area contributed by atoms with Gasteiger partial charge in [0, 0.05) is 44.0 Å². The van der Waals surface area contributed by atoms with Crippen molar-refractivity contribution in [2.24, 2.45) is 0 Å². The lowest BCUT2D eigenvalue weighted by atomic mass is 9.88. The number of methoxy groups -OCH3 is 1. The Morgan fingerprint density at radius 1 is 1.06 bits per heavy atom. The van der Waals surface area contributed by atoms with Gasteiger partial charge in [-0.1, -0.05) is 24.3 Å². The second kappa shape index (κ2) is 11.5. The minimum atomic E-state index is 0.0875. The summed E-state index contributed by atoms with van der Waals surface area (Å²) in [5, 5.41) is 4.16. The van der Waals surface area contributed by atoms with Crippen LogP contribution in [-0.4, -0.2) is 79.1 Å². The summed E-state index contributed by atoms with van der Waals surface area (Å²) in [4.78, 5) is 16.6. The molecular formula is C28H37N5O3. The lowest BCUT2D eigenvalue weighted by Gasteiger charge is -2.29. The van der Waals surface area contributed by atoms with E-state index in [-0.39, 0.29) is 12.1 Å². The Morgan fingerprint density at radius 3 is 2.53 bits per heavy atom. The molecule has 0 aliphatic carbocycles. The molecule has 0 bridgehead atoms. The predicted octanol–water partition coefficient (Wildman–Crippen LogP) is 4.51. The summed E-state index contributed by atoms with van der Waals surface area (Å²) in [6.07, 6.45) is 7.94. The molecular weight excluding hydrogens is 454 g/mol. The lowest BCUT2D eigenvalue weighted by molar-refractivity contribution is 0.0244. The van der Waals surface area contributed by atoms with E-state index < -0.39 is 0 Å². The molecule has 3 aromatic rings. The van der Waals surface area contributed by atoms with Gasteiger partial charge in [-0.3, -0.25) is 0 Å². The highest BCUT2D eigenvalue weighted by Crippen LogP contribution is 2.35. The van der Waals surface area contributed by atoms with Gasteiger partial charge in [-0.25, -0.2) is 15.0 Å². The van der Waals surface area contributed by atoms with Crippen LogP contribution in [0.3, 0.4) is 0 Å². The van der Waals surface area contributed by atoms with E-state index in [1.54, 1.807) is 7.11 Å². The fourth-order valence-corrected chi connectivity index (χ4v) is 5.11. The van der Waals surface area contributed by atoms with Crippen LogP contribution in [0.25, 0.3) is 22.0 Å². The number of piperidine rings is 1. The van der Waals surface area contributed by atoms with Crippen LogP contribution in [0.2, 0.25) is 0 Å². The molecule has 8 heteroatoms. The molecule has 2 aromatic heterocycles. The average Bonchev–Trinajstić information content (AvgIpc) is 2.90. The van der Waals surface area contributed by atoms with E-state index in [1.165, 1.54) is 18.4 Å². The average molecular weight is 492 g/mol. The maximum atomic E-state index is 6.31. The molecule has 0 unspecified atom stereocenters. The zero-order valence-electron chi connectivity index (χ0n) is 21.6. The molecule has 8 nitrogen and oxygen atoms in total. The van der Waals surface area contributed by atoms with E-state index >= 15 is 0 Å². The molecule has 192 valence electrons. The van der Waals surface area contributed by atoms with Gasteiger partial charge in [-0.15, -0.1) is 0 Å². The molecule has 2 fully saturated rings. The normalized spacial score (nSPS) is 18.9. The van der Waals surface area contributed by atoms with Crippen molar-refractivity contribution in [3.8, 4) is 17.0 Å². The Hall–Kier alpha value is -2.81. The summed E-state index contributed by atoms with van der Waals surface area (Å²) in [5.74, 6) is 1.78. The van der Waals surface area contributed by atoms with Crippen molar-refractivity contribution in [3.63, 3.8) is 0 Å². The second-order valence-corrected chi connectivity index (χ2v) is 10.1. The van der Waals surface area contributed by atoms with Crippen molar-refractivity contribution >= 4 is 16.9 Å². The largest absolute Gasteiger partial charge is 0.474 e. The number of nitrogens with one attached hydrogen (secondary N) is 1. The van der Waals surface area contributed by atoms with Crippen LogP contribution < -0.4 is 10.1 Å². The molecule has 1 N–H and O–H groups in total. The highest BCUT2D eigenvalue weighted by atomic mass is 16.5. The molecule has 0 spiro atoms. The summed E-state index contributed by atoms with van der Waals surface area (Å²) >= 11 is 0. The van der Waals surface area contributed by atoms with Crippen molar-refractivity contribution < 1.29 is 14.2 Å². The fraction of sp³-hybridized carbons (Fsp3) is 0.536. The van der Waals surface area contributed by atoms with E-state index in [0.717, 1.165) is 48.0 Å². The number of ether oxygens (including phenoxy) is 3. The SMILES string of the molecule is COC[C@H](C)Nc1ncc2c(OC3CCOCC3)ncc(-c3ccc(C4CCN(C)CC4)cc3)c2n1. The van der Waals surface area contributed by atoms with Gasteiger partial charge in [0.25, 0.3) is 0 Å². The van der Waals surface area contributed by atoms with Gasteiger partial charge in [0.2, 0.25) is 11.8 Å². The van der Waals surface area contributed by atoms with Crippen molar-refractivity contribution in [2.75, 3.05) is 52.4 Å². The molecule has 1 atom stereocenters. The number of hydrogen-bond donors (Lipinski definition) is 1. The Morgan fingerprint density at radius 2 is 1.81 bits per heavy atom. The zero-order valence-corrected chi connectivity index (χ0v) is 21.6. The van der Waals surface area contributed by atoms with Gasteiger partial charge < -0.3 is 24.4 Å². The van der Waals surface area contributed by atoms with Crippen LogP contribution in [0, 0.1) is 0 Å². The molecule has 2 aliphatic heterocycles. The third-order valence-corrected chi connectivity index (χ3v) is 7.24. The van der Waals surface area contributed by atoms with Crippen LogP contribution in [0.4, 0.5) is 5.95 Å². The molecule has 0 amide bonds. The summed E-state index contributed by atoms with van der Waals surface area (Å²) in [6.45, 7) is 6.36. The summed E-state index contributed by atoms with van der Waals surface area (Å²) in [7, 11) is 3.90. The van der Waals surface area contributed by atoms with E-state index in [9.17, 15) is 0 Å². The molecule has 1 aromatic carbocycles. The highest BCUT2D eigenvalue weighted by Gasteiger charge is 2.21. The smallest absolute Gasteiger partial charge is 0.224 e. The highest BCUT2D eigenvalue weighted by molar-refractivity contribution is 5.96. The topological polar surface area (TPSA) is 81.6 Å². The maximum Gasteiger partial charge on any atom is 0.224 e. The van der Waals surface area contributed by atoms with E-state index in [2.05, 4.69) is 46.5 Å². The Bertz CT molecular complexity index is 1140. The van der Waals surface area contributed by atoms with Crippen molar-refractivity contribution in [1.82, 2.24) is 19.9 Å². The van der Waals surface area contributed by atoms with Gasteiger partial charge >= 0.3 is 0 Å². The quantitative estimate of drug-likeness (QED) is 0.493. The second-order valence-electron chi connectivity index (χ2n) is 10.1. The van der Waals surface area contributed by atoms with Crippen LogP contribution in [0.1, 0.15) is 44.1 Å². The number of fused-ring (bicyclic) bond motifs is 1. The molecule has 36 heavy (non-hydrogen) atoms. The third-order valence-electron chi connectivity index (χ3n) is 7.24. The summed E-state index contributed by atoms with van der Waals surface area (Å²) in [6, 6.07) is 9.02. The number of hydrogen-bond acceptors (Lipinski definition) is 8. The van der Waals surface area contributed by atoms with Gasteiger partial charge in [-0.05, 0) is 56.9 Å². The van der Waals surface area contributed by atoms with Crippen molar-refractivity contribution in [2.45, 2.75) is 50.7 Å². The maximum absolute atomic E-state index is 6.31. The van der Waals surface area contributed by atoms with Gasteiger partial charge in [0.1, 0.15) is 6.10 Å². The van der Waals surface area contributed by atoms with Crippen molar-refractivity contribution in [3.05, 3.63) is 42.2 Å². The number of rotatable bonds is 8. The first kappa shape index (κ1) is 24.9. The zero-order chi connectivity index (χ0) is 24.9. The van der Waals surface area contributed by atoms with E-state index in [4.69, 9.17) is 24.2 Å². The standard InChI is InChI=1S/C28H37N5O3/c1-19(18-34-3)31-28-30-17-25-26(32-28)24(16-29-27(25)36-23-10-14-35-15-11-23)22-6-4-20(5-7-22)21-8-12-33(2)13-9-21/h4-7,16-17,19,21,23H,8-15,18H2,1-3H3,(H,30,31,32)/t19-/m0/s1. The number of anilines is 1. The minimum Gasteiger partial charge on any atom is -0.474 e. The minimum absolute atomic E-state index is 0.0875. The molecule has 2 aliphatic rings. The number of aromatic nitrogens is 3. The molecule has 4 heterocycles. The Balaban J connectivity index is 1.47. The summed E-state index contributed by atoms with van der Waals surface area (Å²) in [5.41, 5.74) is 4.32. The predicted molar refractivity (Wildman–Crippen MR) is 142 cm³/mol. The number of pyridine rings is 1. The number of likely N-dealkylation sites (tertiary alicyclic amines) is 1. The number of benzene rings is 1. The third kappa shape index (κ3) is 5.77. The van der Waals surface area contributed by atoms with Gasteiger partial charge in [-0.2, -0.15) is 0 Å². The van der Waals surface area contributed by atoms with Gasteiger partial charge in [0.05, 0.1) is 30.7 Å². The molecule has 2 saturated heterocycles. The molecule has 0 radical (unpaired) electrons. The fourth-order valence-electron chi connectivity index (χ4n) is 5.11.